The molecule has 3 aromatic carbocycles. The third-order valence-corrected chi connectivity index (χ3v) is 21.2. The lowest BCUT2D eigenvalue weighted by atomic mass is 9.93. The molecular weight excluding hydrogens is 854 g/mol. The fourth-order valence-electron chi connectivity index (χ4n) is 11.6. The van der Waals surface area contributed by atoms with E-state index in [9.17, 15) is 4.79 Å². The number of piperazine rings is 1. The van der Waals surface area contributed by atoms with E-state index in [1.54, 1.807) is 13.2 Å². The topological polar surface area (TPSA) is 108 Å². The lowest BCUT2D eigenvalue weighted by molar-refractivity contribution is 0.00544. The zero-order valence-corrected chi connectivity index (χ0v) is 41.6. The molecule has 0 unspecified atom stereocenters. The van der Waals surface area contributed by atoms with E-state index in [4.69, 9.17) is 38.4 Å². The standard InChI is InChI=1S/C52H68FN5O7Si/c1-32(2)66(33(3)4,34(5)6)23-16-35-12-11-13-36-24-38(64-31-60-10)25-39(44(35)36)40-26-43-45-47(46(40)53)54-49(63-30-52(17-18-52)29-56-19-21-61-22-20-56)55-48(45)57-27-37-14-15-41(42(57)28-62-43)58(37)50(59)65-51(7,8)9/h11-13,24-26,32-34,37,41-42H,14-15,17-22,27-31H2,1-10H3/t37-,41+,42+/m1/s1. The lowest BCUT2D eigenvalue weighted by Crippen LogP contribution is -2.63. The fourth-order valence-corrected chi connectivity index (χ4v) is 16.8. The van der Waals surface area contributed by atoms with Gasteiger partial charge >= 0.3 is 12.1 Å². The molecule has 9 rings (SSSR count). The number of carbonyl (C=O) groups excluding carboxylic acids is 1. The summed E-state index contributed by atoms with van der Waals surface area (Å²) in [4.78, 5) is 30.5. The van der Waals surface area contributed by atoms with Crippen molar-refractivity contribution in [2.24, 2.45) is 5.41 Å². The van der Waals surface area contributed by atoms with Crippen molar-refractivity contribution in [2.45, 2.75) is 128 Å². The van der Waals surface area contributed by atoms with Crippen LogP contribution in [0.15, 0.2) is 36.4 Å². The van der Waals surface area contributed by atoms with Crippen molar-refractivity contribution in [3.63, 3.8) is 0 Å². The van der Waals surface area contributed by atoms with E-state index in [0.29, 0.717) is 63.6 Å². The number of hydrogen-bond acceptors (Lipinski definition) is 11. The summed E-state index contributed by atoms with van der Waals surface area (Å²) in [5.41, 5.74) is 6.41. The van der Waals surface area contributed by atoms with E-state index < -0.39 is 19.5 Å². The Morgan fingerprint density at radius 3 is 2.38 bits per heavy atom. The molecular formula is C52H68FN5O7Si. The van der Waals surface area contributed by atoms with Crippen molar-refractivity contribution in [3.05, 3.63) is 47.8 Å². The van der Waals surface area contributed by atoms with E-state index in [0.717, 1.165) is 74.9 Å². The highest BCUT2D eigenvalue weighted by Gasteiger charge is 2.52. The lowest BCUT2D eigenvalue weighted by Gasteiger charge is -2.46. The van der Waals surface area contributed by atoms with Crippen molar-refractivity contribution in [1.82, 2.24) is 19.8 Å². The number of anilines is 1. The maximum atomic E-state index is 18.2. The van der Waals surface area contributed by atoms with Gasteiger partial charge < -0.3 is 33.3 Å². The summed E-state index contributed by atoms with van der Waals surface area (Å²) in [6.07, 6.45) is 3.34. The van der Waals surface area contributed by atoms with Crippen LogP contribution in [0.3, 0.4) is 0 Å². The van der Waals surface area contributed by atoms with Crippen LogP contribution in [0.2, 0.25) is 16.6 Å². The van der Waals surface area contributed by atoms with Gasteiger partial charge in [-0.1, -0.05) is 59.6 Å². The van der Waals surface area contributed by atoms with Crippen LogP contribution in [0.1, 0.15) is 93.6 Å². The summed E-state index contributed by atoms with van der Waals surface area (Å²) >= 11 is 0. The van der Waals surface area contributed by atoms with Gasteiger partial charge in [0.2, 0.25) is 0 Å². The van der Waals surface area contributed by atoms with Crippen LogP contribution in [0, 0.1) is 22.7 Å². The van der Waals surface area contributed by atoms with E-state index >= 15 is 4.39 Å². The fraction of sp³-hybridized carbons (Fsp3) is 0.596. The Hall–Kier alpha value is -4.68. The predicted molar refractivity (Wildman–Crippen MR) is 259 cm³/mol. The average molecular weight is 922 g/mol. The molecule has 0 N–H and O–H groups in total. The number of halogens is 1. The molecule has 2 bridgehead atoms. The minimum absolute atomic E-state index is 0.0221. The van der Waals surface area contributed by atoms with Crippen molar-refractivity contribution in [3.8, 4) is 40.1 Å². The number of morpholine rings is 1. The van der Waals surface area contributed by atoms with Crippen molar-refractivity contribution < 1.29 is 37.6 Å². The van der Waals surface area contributed by atoms with Gasteiger partial charge in [0.25, 0.3) is 0 Å². The second-order valence-corrected chi connectivity index (χ2v) is 26.8. The van der Waals surface area contributed by atoms with Crippen LogP contribution in [0.25, 0.3) is 32.8 Å². The third kappa shape index (κ3) is 8.70. The molecule has 5 heterocycles. The van der Waals surface area contributed by atoms with Gasteiger partial charge in [0.1, 0.15) is 43.1 Å². The van der Waals surface area contributed by atoms with Crippen molar-refractivity contribution >= 4 is 41.7 Å². The molecule has 3 atom stereocenters. The molecule has 0 spiro atoms. The molecule has 1 aliphatic carbocycles. The quantitative estimate of drug-likeness (QED) is 0.0770. The Morgan fingerprint density at radius 2 is 1.70 bits per heavy atom. The minimum Gasteiger partial charge on any atom is -0.490 e. The van der Waals surface area contributed by atoms with Crippen LogP contribution < -0.4 is 19.1 Å². The van der Waals surface area contributed by atoms with Crippen LogP contribution in [0.4, 0.5) is 15.0 Å². The molecule has 4 aromatic rings. The van der Waals surface area contributed by atoms with Gasteiger partial charge in [0.15, 0.2) is 12.6 Å². The number of nitrogens with zero attached hydrogens (tertiary/aromatic N) is 5. The molecule has 4 fully saturated rings. The first kappa shape index (κ1) is 46.4. The van der Waals surface area contributed by atoms with Gasteiger partial charge in [0, 0.05) is 55.2 Å². The van der Waals surface area contributed by atoms with E-state index in [-0.39, 0.29) is 54.6 Å². The SMILES string of the molecule is COCOc1cc(-c2cc3c4c(nc(OCC5(CN6CCOCC6)CC5)nc4c2F)N2C[C@H]4CC[C@@H]([C@@H]2CO3)N4C(=O)OC(C)(C)C)c2c(C#C[Si](C(C)C)(C(C)C)C(C)C)cccc2c1. The zero-order valence-electron chi connectivity index (χ0n) is 40.6. The first-order valence-electron chi connectivity index (χ1n) is 24.1. The first-order valence-corrected chi connectivity index (χ1v) is 26.4. The van der Waals surface area contributed by atoms with Crippen LogP contribution in [-0.2, 0) is 14.2 Å². The normalized spacial score (nSPS) is 21.5. The number of methoxy groups -OCH3 is 1. The monoisotopic (exact) mass is 921 g/mol. The Labute approximate surface area is 390 Å². The zero-order chi connectivity index (χ0) is 46.7. The number of carbonyl (C=O) groups is 1. The van der Waals surface area contributed by atoms with Crippen molar-refractivity contribution in [2.75, 3.05) is 71.4 Å². The van der Waals surface area contributed by atoms with E-state index in [1.807, 2.05) is 56.0 Å². The minimum atomic E-state index is -2.14. The predicted octanol–water partition coefficient (Wildman–Crippen LogP) is 9.98. The number of benzene rings is 3. The molecule has 1 amide bonds. The van der Waals surface area contributed by atoms with E-state index in [2.05, 4.69) is 62.8 Å². The molecule has 1 aromatic heterocycles. The number of amides is 1. The van der Waals surface area contributed by atoms with Gasteiger partial charge in [-0.25, -0.2) is 9.18 Å². The van der Waals surface area contributed by atoms with Crippen LogP contribution >= 0.6 is 0 Å². The van der Waals surface area contributed by atoms with Crippen molar-refractivity contribution in [1.29, 1.82) is 0 Å². The summed E-state index contributed by atoms with van der Waals surface area (Å²) in [7, 11) is -0.565. The van der Waals surface area contributed by atoms with Gasteiger partial charge in [-0.05, 0) is 98.3 Å². The highest BCUT2D eigenvalue weighted by molar-refractivity contribution is 6.90. The molecule has 354 valence electrons. The number of aromatic nitrogens is 2. The molecule has 1 saturated carbocycles. The average Bonchev–Trinajstić information content (AvgIpc) is 3.99. The third-order valence-electron chi connectivity index (χ3n) is 14.9. The summed E-state index contributed by atoms with van der Waals surface area (Å²) in [5, 5.41) is 2.17. The molecule has 66 heavy (non-hydrogen) atoms. The number of ether oxygens (including phenoxy) is 6. The number of rotatable bonds is 12. The number of fused-ring (bicyclic) bond motifs is 6. The van der Waals surface area contributed by atoms with E-state index in [1.165, 1.54) is 0 Å². The Balaban J connectivity index is 1.20. The van der Waals surface area contributed by atoms with Gasteiger partial charge in [-0.2, -0.15) is 9.97 Å². The van der Waals surface area contributed by atoms with Gasteiger partial charge in [0.05, 0.1) is 43.3 Å². The Kier molecular flexibility index (Phi) is 12.7. The second kappa shape index (κ2) is 18.1. The Morgan fingerprint density at radius 1 is 0.955 bits per heavy atom. The second-order valence-electron chi connectivity index (χ2n) is 21.3. The molecule has 3 saturated heterocycles. The maximum Gasteiger partial charge on any atom is 0.410 e. The molecule has 4 aliphatic heterocycles. The van der Waals surface area contributed by atoms with Crippen LogP contribution in [0.5, 0.6) is 17.5 Å². The molecule has 14 heteroatoms. The summed E-state index contributed by atoms with van der Waals surface area (Å²) in [5.74, 6) is 4.74. The first-order chi connectivity index (χ1) is 31.5. The molecule has 12 nitrogen and oxygen atoms in total. The van der Waals surface area contributed by atoms with Gasteiger partial charge in [-0.15, -0.1) is 5.54 Å². The largest absolute Gasteiger partial charge is 0.490 e. The number of hydrogen-bond donors (Lipinski definition) is 0. The summed E-state index contributed by atoms with van der Waals surface area (Å²) in [6.45, 7) is 24.8. The smallest absolute Gasteiger partial charge is 0.410 e. The summed E-state index contributed by atoms with van der Waals surface area (Å²) in [6, 6.07) is 11.2. The molecule has 0 radical (unpaired) electrons. The maximum absolute atomic E-state index is 18.2. The Bertz CT molecular complexity index is 2520. The molecule has 5 aliphatic rings. The van der Waals surface area contributed by atoms with Gasteiger partial charge in [-0.3, -0.25) is 9.80 Å². The van der Waals surface area contributed by atoms with Crippen LogP contribution in [-0.4, -0.2) is 124 Å². The summed E-state index contributed by atoms with van der Waals surface area (Å²) < 4.78 is 54.7. The highest BCUT2D eigenvalue weighted by atomic mass is 28.3. The highest BCUT2D eigenvalue weighted by Crippen LogP contribution is 2.50.